The molecule has 4 aromatic heterocycles. The number of thiazole rings is 1. The predicted molar refractivity (Wildman–Crippen MR) is 160 cm³/mol. The molecule has 0 bridgehead atoms. The summed E-state index contributed by atoms with van der Waals surface area (Å²) >= 11 is 3.25. The van der Waals surface area contributed by atoms with E-state index in [0.717, 1.165) is 64.2 Å². The highest BCUT2D eigenvalue weighted by atomic mass is 32.1. The molecule has 6 aromatic rings. The Labute approximate surface area is 245 Å². The number of furan rings is 1. The third-order valence-corrected chi connectivity index (χ3v) is 9.71. The number of aryl methyl sites for hydroxylation is 2. The van der Waals surface area contributed by atoms with E-state index in [9.17, 15) is 0 Å². The number of hydrogen-bond donors (Lipinski definition) is 0. The number of fused-ring (bicyclic) bond motifs is 2. The zero-order chi connectivity index (χ0) is 28.0. The normalized spacial score (nSPS) is 15.1. The van der Waals surface area contributed by atoms with Crippen LogP contribution in [0.15, 0.2) is 58.5 Å². The van der Waals surface area contributed by atoms with Crippen LogP contribution < -0.4 is 9.47 Å². The molecule has 210 valence electrons. The lowest BCUT2D eigenvalue weighted by Crippen LogP contribution is -2.35. The molecule has 0 atom stereocenters. The third kappa shape index (κ3) is 4.79. The second-order valence-corrected chi connectivity index (χ2v) is 12.3. The van der Waals surface area contributed by atoms with Gasteiger partial charge in [-0.15, -0.1) is 11.3 Å². The fourth-order valence-corrected chi connectivity index (χ4v) is 7.35. The highest BCUT2D eigenvalue weighted by molar-refractivity contribution is 7.16. The molecule has 1 fully saturated rings. The number of imidazole rings is 1. The van der Waals surface area contributed by atoms with Gasteiger partial charge < -0.3 is 18.6 Å². The average molecular weight is 587 g/mol. The Morgan fingerprint density at radius 3 is 2.78 bits per heavy atom. The summed E-state index contributed by atoms with van der Waals surface area (Å²) in [5, 5.41) is 9.52. The highest BCUT2D eigenvalue weighted by Gasteiger charge is 2.39. The Morgan fingerprint density at radius 1 is 1.10 bits per heavy atom. The molecule has 1 aliphatic heterocycles. The van der Waals surface area contributed by atoms with Gasteiger partial charge in [0.2, 0.25) is 4.96 Å². The van der Waals surface area contributed by atoms with Crippen molar-refractivity contribution in [1.82, 2.24) is 19.6 Å². The molecule has 5 heterocycles. The SMILES string of the molecule is CCc1cccc(C2(c3nc(COc4cc(OC)cc5oc(-c6cn7nc(C)sc7n6)cc45)cs3)CCOCC2)c1. The van der Waals surface area contributed by atoms with Crippen LogP contribution in [0.2, 0.25) is 0 Å². The van der Waals surface area contributed by atoms with Gasteiger partial charge in [-0.05, 0) is 43.4 Å². The lowest BCUT2D eigenvalue weighted by molar-refractivity contribution is 0.0629. The van der Waals surface area contributed by atoms with Gasteiger partial charge in [-0.2, -0.15) is 5.10 Å². The molecular formula is C31H30N4O4S2. The molecular weight excluding hydrogens is 556 g/mol. The standard InChI is InChI=1S/C31H30N4O4S2/c1-4-20-6-5-7-21(12-20)31(8-10-37-11-9-31)29-32-22(18-40-29)17-38-26-13-23(36-3)14-27-24(26)15-28(39-27)25-16-35-30(33-25)41-19(2)34-35/h5-7,12-16,18H,4,8-11,17H2,1-3H3. The van der Waals surface area contributed by atoms with E-state index in [2.05, 4.69) is 46.7 Å². The van der Waals surface area contributed by atoms with Gasteiger partial charge in [-0.3, -0.25) is 0 Å². The molecule has 1 aliphatic rings. The van der Waals surface area contributed by atoms with Crippen molar-refractivity contribution in [2.24, 2.45) is 0 Å². The van der Waals surface area contributed by atoms with Crippen molar-refractivity contribution in [2.45, 2.75) is 45.1 Å². The van der Waals surface area contributed by atoms with Crippen LogP contribution in [0.4, 0.5) is 0 Å². The van der Waals surface area contributed by atoms with Gasteiger partial charge in [-0.1, -0.05) is 42.5 Å². The van der Waals surface area contributed by atoms with Gasteiger partial charge in [0.15, 0.2) is 5.76 Å². The van der Waals surface area contributed by atoms with Crippen molar-refractivity contribution in [2.75, 3.05) is 20.3 Å². The summed E-state index contributed by atoms with van der Waals surface area (Å²) < 4.78 is 25.7. The Kier molecular flexibility index (Phi) is 6.76. The second-order valence-electron chi connectivity index (χ2n) is 10.3. The molecule has 0 spiro atoms. The van der Waals surface area contributed by atoms with Gasteiger partial charge in [0.25, 0.3) is 0 Å². The topological polar surface area (TPSA) is 83.9 Å². The third-order valence-electron chi connectivity index (χ3n) is 7.78. The van der Waals surface area contributed by atoms with Gasteiger partial charge in [0.05, 0.1) is 29.8 Å². The Balaban J connectivity index is 1.18. The zero-order valence-corrected chi connectivity index (χ0v) is 24.8. The number of hydrogen-bond acceptors (Lipinski definition) is 9. The van der Waals surface area contributed by atoms with Crippen LogP contribution in [0.25, 0.3) is 27.4 Å². The number of aromatic nitrogens is 4. The Bertz CT molecular complexity index is 1810. The van der Waals surface area contributed by atoms with Crippen molar-refractivity contribution in [1.29, 1.82) is 0 Å². The summed E-state index contributed by atoms with van der Waals surface area (Å²) in [5.41, 5.74) is 4.83. The summed E-state index contributed by atoms with van der Waals surface area (Å²) in [5.74, 6) is 1.99. The molecule has 10 heteroatoms. The zero-order valence-electron chi connectivity index (χ0n) is 23.2. The fourth-order valence-electron chi connectivity index (χ4n) is 5.54. The first kappa shape index (κ1) is 26.2. The van der Waals surface area contributed by atoms with Crippen LogP contribution in [-0.2, 0) is 23.2 Å². The van der Waals surface area contributed by atoms with Crippen LogP contribution in [0.5, 0.6) is 11.5 Å². The number of methoxy groups -OCH3 is 1. The van der Waals surface area contributed by atoms with Gasteiger partial charge >= 0.3 is 0 Å². The van der Waals surface area contributed by atoms with Crippen molar-refractivity contribution in [3.05, 3.63) is 80.9 Å². The molecule has 2 aromatic carbocycles. The largest absolute Gasteiger partial charge is 0.496 e. The molecule has 0 radical (unpaired) electrons. The van der Waals surface area contributed by atoms with Crippen molar-refractivity contribution in [3.8, 4) is 23.0 Å². The minimum atomic E-state index is -0.138. The van der Waals surface area contributed by atoms with Gasteiger partial charge in [0, 0.05) is 30.7 Å². The quantitative estimate of drug-likeness (QED) is 0.186. The predicted octanol–water partition coefficient (Wildman–Crippen LogP) is 7.22. The molecule has 8 nitrogen and oxygen atoms in total. The average Bonchev–Trinajstić information content (AvgIpc) is 3.79. The highest BCUT2D eigenvalue weighted by Crippen LogP contribution is 2.43. The summed E-state index contributed by atoms with van der Waals surface area (Å²) in [7, 11) is 1.64. The summed E-state index contributed by atoms with van der Waals surface area (Å²) in [6.45, 7) is 5.97. The monoisotopic (exact) mass is 586 g/mol. The lowest BCUT2D eigenvalue weighted by atomic mass is 9.74. The number of rotatable bonds is 8. The maximum atomic E-state index is 6.38. The summed E-state index contributed by atoms with van der Waals surface area (Å²) in [6, 6.07) is 14.7. The van der Waals surface area contributed by atoms with Crippen molar-refractivity contribution >= 4 is 38.6 Å². The van der Waals surface area contributed by atoms with E-state index in [4.69, 9.17) is 23.6 Å². The van der Waals surface area contributed by atoms with Gasteiger partial charge in [-0.25, -0.2) is 14.5 Å². The molecule has 0 unspecified atom stereocenters. The van der Waals surface area contributed by atoms with E-state index in [1.165, 1.54) is 11.1 Å². The van der Waals surface area contributed by atoms with E-state index >= 15 is 0 Å². The van der Waals surface area contributed by atoms with E-state index in [1.807, 2.05) is 31.3 Å². The van der Waals surface area contributed by atoms with Crippen LogP contribution in [0, 0.1) is 6.92 Å². The minimum absolute atomic E-state index is 0.138. The van der Waals surface area contributed by atoms with Crippen LogP contribution >= 0.6 is 22.7 Å². The van der Waals surface area contributed by atoms with Crippen LogP contribution in [0.3, 0.4) is 0 Å². The van der Waals surface area contributed by atoms with E-state index in [1.54, 1.807) is 34.3 Å². The van der Waals surface area contributed by atoms with E-state index in [-0.39, 0.29) is 5.41 Å². The van der Waals surface area contributed by atoms with Crippen molar-refractivity contribution in [3.63, 3.8) is 0 Å². The molecule has 41 heavy (non-hydrogen) atoms. The van der Waals surface area contributed by atoms with Crippen molar-refractivity contribution < 1.29 is 18.6 Å². The number of nitrogens with zero attached hydrogens (tertiary/aromatic N) is 4. The number of ether oxygens (including phenoxy) is 3. The first-order chi connectivity index (χ1) is 20.0. The molecule has 0 amide bonds. The maximum Gasteiger partial charge on any atom is 0.212 e. The lowest BCUT2D eigenvalue weighted by Gasteiger charge is -2.36. The Morgan fingerprint density at radius 2 is 1.98 bits per heavy atom. The second kappa shape index (κ2) is 10.6. The van der Waals surface area contributed by atoms with E-state index in [0.29, 0.717) is 29.4 Å². The minimum Gasteiger partial charge on any atom is -0.496 e. The molecule has 7 rings (SSSR count). The molecule has 0 N–H and O–H groups in total. The smallest absolute Gasteiger partial charge is 0.212 e. The first-order valence-corrected chi connectivity index (χ1v) is 15.4. The van der Waals surface area contributed by atoms with Crippen LogP contribution in [-0.4, -0.2) is 39.9 Å². The first-order valence-electron chi connectivity index (χ1n) is 13.7. The molecule has 0 aliphatic carbocycles. The Hall–Kier alpha value is -3.73. The molecule has 1 saturated heterocycles. The maximum absolute atomic E-state index is 6.38. The van der Waals surface area contributed by atoms with Gasteiger partial charge in [0.1, 0.15) is 39.4 Å². The summed E-state index contributed by atoms with van der Waals surface area (Å²) in [4.78, 5) is 10.6. The number of benzene rings is 2. The van der Waals surface area contributed by atoms with Crippen LogP contribution in [0.1, 0.15) is 46.6 Å². The molecule has 0 saturated carbocycles. The van der Waals surface area contributed by atoms with E-state index < -0.39 is 0 Å². The summed E-state index contributed by atoms with van der Waals surface area (Å²) in [6.07, 6.45) is 4.73. The fraction of sp³-hybridized carbons (Fsp3) is 0.323.